The summed E-state index contributed by atoms with van der Waals surface area (Å²) in [5, 5.41) is 12.7. The molecular formula is C24H27BrN2O5S. The van der Waals surface area contributed by atoms with Gasteiger partial charge in [0, 0.05) is 9.35 Å². The van der Waals surface area contributed by atoms with Gasteiger partial charge in [-0.2, -0.15) is 5.26 Å². The van der Waals surface area contributed by atoms with E-state index >= 15 is 0 Å². The molecule has 0 aliphatic rings. The number of hydrogen-bond donors (Lipinski definition) is 1. The molecule has 1 aromatic carbocycles. The van der Waals surface area contributed by atoms with Gasteiger partial charge in [0.1, 0.15) is 16.6 Å². The van der Waals surface area contributed by atoms with Crippen molar-refractivity contribution in [1.29, 1.82) is 5.26 Å². The van der Waals surface area contributed by atoms with Crippen molar-refractivity contribution in [2.75, 3.05) is 19.0 Å². The first-order valence-corrected chi connectivity index (χ1v) is 12.1. The molecule has 1 aromatic heterocycles. The fourth-order valence-corrected chi connectivity index (χ4v) is 4.49. The van der Waals surface area contributed by atoms with E-state index in [1.807, 2.05) is 33.8 Å². The quantitative estimate of drug-likeness (QED) is 0.228. The van der Waals surface area contributed by atoms with Gasteiger partial charge in [0.15, 0.2) is 11.5 Å². The number of nitriles is 1. The molecule has 0 atom stereocenters. The van der Waals surface area contributed by atoms with Gasteiger partial charge in [0.25, 0.3) is 5.91 Å². The van der Waals surface area contributed by atoms with E-state index in [4.69, 9.17) is 14.2 Å². The van der Waals surface area contributed by atoms with Crippen LogP contribution in [0.15, 0.2) is 28.2 Å². The number of aryl methyl sites for hydroxylation is 1. The summed E-state index contributed by atoms with van der Waals surface area (Å²) >= 11 is 4.77. The minimum Gasteiger partial charge on any atom is -0.490 e. The molecule has 7 nitrogen and oxygen atoms in total. The van der Waals surface area contributed by atoms with Crippen LogP contribution >= 0.6 is 27.3 Å². The molecule has 1 heterocycles. The molecule has 176 valence electrons. The van der Waals surface area contributed by atoms with Crippen LogP contribution in [0.3, 0.4) is 0 Å². The van der Waals surface area contributed by atoms with Crippen LogP contribution in [0.5, 0.6) is 11.5 Å². The van der Waals surface area contributed by atoms with Crippen LogP contribution in [0.25, 0.3) is 6.08 Å². The third kappa shape index (κ3) is 7.07. The molecule has 0 radical (unpaired) electrons. The Bertz CT molecular complexity index is 1090. The number of hydrogen-bond acceptors (Lipinski definition) is 7. The second-order valence-corrected chi connectivity index (χ2v) is 9.23. The zero-order valence-electron chi connectivity index (χ0n) is 19.3. The predicted octanol–water partition coefficient (Wildman–Crippen LogP) is 5.98. The number of halogens is 1. The Morgan fingerprint density at radius 3 is 2.55 bits per heavy atom. The minimum absolute atomic E-state index is 0.0506. The smallest absolute Gasteiger partial charge is 0.340 e. The molecule has 0 spiro atoms. The van der Waals surface area contributed by atoms with Crippen molar-refractivity contribution in [3.8, 4) is 17.6 Å². The zero-order chi connectivity index (χ0) is 24.5. The van der Waals surface area contributed by atoms with Crippen molar-refractivity contribution in [1.82, 2.24) is 0 Å². The standard InChI is InChI=1S/C24H27BrN2O5S/c1-6-8-17-11-18(24(29)30-5)23(33-17)27-22(28)16(13-26)9-15-10-20(31-7-2)21(12-19(15)25)32-14(3)4/h9-12,14H,6-8H2,1-5H3,(H,27,28). The van der Waals surface area contributed by atoms with Crippen LogP contribution < -0.4 is 14.8 Å². The van der Waals surface area contributed by atoms with Crippen LogP contribution in [0.2, 0.25) is 0 Å². The molecule has 0 unspecified atom stereocenters. The summed E-state index contributed by atoms with van der Waals surface area (Å²) in [7, 11) is 1.28. The first kappa shape index (κ1) is 26.4. The Hall–Kier alpha value is -2.83. The maximum atomic E-state index is 12.9. The molecule has 1 N–H and O–H groups in total. The highest BCUT2D eigenvalue weighted by atomic mass is 79.9. The van der Waals surface area contributed by atoms with E-state index in [0.717, 1.165) is 17.7 Å². The van der Waals surface area contributed by atoms with Crippen molar-refractivity contribution < 1.29 is 23.8 Å². The monoisotopic (exact) mass is 534 g/mol. The predicted molar refractivity (Wildman–Crippen MR) is 133 cm³/mol. The third-order valence-electron chi connectivity index (χ3n) is 4.30. The normalized spacial score (nSPS) is 11.2. The lowest BCUT2D eigenvalue weighted by Gasteiger charge is -2.16. The molecule has 1 amide bonds. The van der Waals surface area contributed by atoms with E-state index in [2.05, 4.69) is 21.2 Å². The number of methoxy groups -OCH3 is 1. The van der Waals surface area contributed by atoms with Gasteiger partial charge in [-0.15, -0.1) is 11.3 Å². The maximum absolute atomic E-state index is 12.9. The molecular weight excluding hydrogens is 508 g/mol. The van der Waals surface area contributed by atoms with E-state index in [1.165, 1.54) is 24.5 Å². The van der Waals surface area contributed by atoms with Crippen LogP contribution in [0.4, 0.5) is 5.00 Å². The highest BCUT2D eigenvalue weighted by Gasteiger charge is 2.21. The molecule has 33 heavy (non-hydrogen) atoms. The average Bonchev–Trinajstić information content (AvgIpc) is 3.16. The van der Waals surface area contributed by atoms with Crippen LogP contribution in [-0.2, 0) is 16.0 Å². The second kappa shape index (κ2) is 12.4. The summed E-state index contributed by atoms with van der Waals surface area (Å²) in [5.74, 6) is -0.103. The number of anilines is 1. The Kier molecular flexibility index (Phi) is 9.95. The summed E-state index contributed by atoms with van der Waals surface area (Å²) in [6.45, 7) is 8.14. The average molecular weight is 535 g/mol. The summed E-state index contributed by atoms with van der Waals surface area (Å²) < 4.78 is 16.9. The van der Waals surface area contributed by atoms with Gasteiger partial charge >= 0.3 is 5.97 Å². The molecule has 0 aliphatic carbocycles. The lowest BCUT2D eigenvalue weighted by molar-refractivity contribution is -0.112. The highest BCUT2D eigenvalue weighted by Crippen LogP contribution is 2.36. The van der Waals surface area contributed by atoms with Crippen molar-refractivity contribution in [3.63, 3.8) is 0 Å². The fourth-order valence-electron chi connectivity index (χ4n) is 2.92. The molecule has 0 aliphatic heterocycles. The number of nitrogens with one attached hydrogen (secondary N) is 1. The lowest BCUT2D eigenvalue weighted by Crippen LogP contribution is -2.15. The number of nitrogens with zero attached hydrogens (tertiary/aromatic N) is 1. The number of carbonyl (C=O) groups excluding carboxylic acids is 2. The molecule has 0 bridgehead atoms. The summed E-state index contributed by atoms with van der Waals surface area (Å²) in [6.07, 6.45) is 3.07. The Morgan fingerprint density at radius 2 is 1.97 bits per heavy atom. The summed E-state index contributed by atoms with van der Waals surface area (Å²) in [6, 6.07) is 7.10. The molecule has 0 saturated heterocycles. The van der Waals surface area contributed by atoms with Crippen LogP contribution in [0, 0.1) is 11.3 Å². The number of thiophene rings is 1. The second-order valence-electron chi connectivity index (χ2n) is 7.24. The van der Waals surface area contributed by atoms with Gasteiger partial charge in [0.05, 0.1) is 25.4 Å². The molecule has 9 heteroatoms. The summed E-state index contributed by atoms with van der Waals surface area (Å²) in [4.78, 5) is 26.0. The molecule has 2 aromatic rings. The topological polar surface area (TPSA) is 97.7 Å². The number of carbonyl (C=O) groups is 2. The van der Waals surface area contributed by atoms with E-state index in [1.54, 1.807) is 18.2 Å². The number of esters is 1. The van der Waals surface area contributed by atoms with Gasteiger partial charge in [-0.1, -0.05) is 29.3 Å². The Labute approximate surface area is 206 Å². The van der Waals surface area contributed by atoms with Gasteiger partial charge in [-0.25, -0.2) is 4.79 Å². The summed E-state index contributed by atoms with van der Waals surface area (Å²) in [5.41, 5.74) is 0.718. The largest absolute Gasteiger partial charge is 0.490 e. The number of benzene rings is 1. The first-order chi connectivity index (χ1) is 15.7. The Morgan fingerprint density at radius 1 is 1.24 bits per heavy atom. The maximum Gasteiger partial charge on any atom is 0.340 e. The van der Waals surface area contributed by atoms with E-state index in [-0.39, 0.29) is 17.2 Å². The van der Waals surface area contributed by atoms with Gasteiger partial charge in [-0.05, 0) is 57.0 Å². The van der Waals surface area contributed by atoms with Crippen molar-refractivity contribution in [2.45, 2.75) is 46.6 Å². The minimum atomic E-state index is -0.625. The van der Waals surface area contributed by atoms with Crippen molar-refractivity contribution >= 4 is 50.2 Å². The lowest BCUT2D eigenvalue weighted by atomic mass is 10.1. The van der Waals surface area contributed by atoms with E-state index in [0.29, 0.717) is 33.1 Å². The van der Waals surface area contributed by atoms with Crippen molar-refractivity contribution in [3.05, 3.63) is 44.2 Å². The van der Waals surface area contributed by atoms with Crippen LogP contribution in [-0.4, -0.2) is 31.7 Å². The molecule has 0 fully saturated rings. The SMILES string of the molecule is CCCc1cc(C(=O)OC)c(NC(=O)C(C#N)=Cc2cc(OCC)c(OC(C)C)cc2Br)s1. The number of rotatable bonds is 10. The van der Waals surface area contributed by atoms with Gasteiger partial charge < -0.3 is 19.5 Å². The van der Waals surface area contributed by atoms with Crippen LogP contribution in [0.1, 0.15) is 54.9 Å². The zero-order valence-corrected chi connectivity index (χ0v) is 21.7. The first-order valence-electron chi connectivity index (χ1n) is 10.5. The fraction of sp³-hybridized carbons (Fsp3) is 0.375. The van der Waals surface area contributed by atoms with E-state index < -0.39 is 11.9 Å². The molecule has 0 saturated carbocycles. The Balaban J connectivity index is 2.40. The number of ether oxygens (including phenoxy) is 3. The van der Waals surface area contributed by atoms with Gasteiger partial charge in [0.2, 0.25) is 0 Å². The highest BCUT2D eigenvalue weighted by molar-refractivity contribution is 9.10. The van der Waals surface area contributed by atoms with E-state index in [9.17, 15) is 14.9 Å². The van der Waals surface area contributed by atoms with Gasteiger partial charge in [-0.3, -0.25) is 4.79 Å². The van der Waals surface area contributed by atoms with Crippen molar-refractivity contribution in [2.24, 2.45) is 0 Å². The number of amides is 1. The molecule has 2 rings (SSSR count). The third-order valence-corrected chi connectivity index (χ3v) is 6.10.